The Labute approximate surface area is 92.1 Å². The first kappa shape index (κ1) is 12.8. The molecule has 1 aromatic carbocycles. The molecule has 0 radical (unpaired) electrons. The van der Waals surface area contributed by atoms with Crippen LogP contribution in [0, 0.1) is 0 Å². The molecule has 0 amide bonds. The predicted octanol–water partition coefficient (Wildman–Crippen LogP) is 4.39. The monoisotopic (exact) mass is 258 g/mol. The van der Waals surface area contributed by atoms with Gasteiger partial charge in [0, 0.05) is 5.56 Å². The molecular weight excluding hydrogens is 255 g/mol. The first-order valence-corrected chi connectivity index (χ1v) is 4.24. The molecule has 1 nitrogen and oxygen atoms in total. The Bertz CT molecular complexity index is 391. The van der Waals surface area contributed by atoms with Crippen molar-refractivity contribution in [3.8, 4) is 5.75 Å². The van der Waals surface area contributed by atoms with Crippen molar-refractivity contribution in [1.29, 1.82) is 0 Å². The van der Waals surface area contributed by atoms with Gasteiger partial charge >= 0.3 is 6.36 Å². The van der Waals surface area contributed by atoms with Gasteiger partial charge in [0.15, 0.2) is 5.83 Å². The number of hydrogen-bond donors (Lipinski definition) is 0. The SMILES string of the molecule is F/C(Cl)=C(/F)c1ccc(OC(F)(F)F)cc1. The fraction of sp³-hybridized carbons (Fsp3) is 0.111. The van der Waals surface area contributed by atoms with Gasteiger partial charge in [0.2, 0.25) is 5.29 Å². The molecular formula is C9H4ClF5O. The molecule has 1 rings (SSSR count). The van der Waals surface area contributed by atoms with E-state index in [4.69, 9.17) is 11.6 Å². The van der Waals surface area contributed by atoms with Crippen LogP contribution in [0.25, 0.3) is 5.83 Å². The molecule has 0 unspecified atom stereocenters. The van der Waals surface area contributed by atoms with Crippen LogP contribution in [0.15, 0.2) is 29.6 Å². The first-order valence-electron chi connectivity index (χ1n) is 3.86. The minimum absolute atomic E-state index is 0.276. The molecule has 1 aromatic rings. The Balaban J connectivity index is 2.88. The third-order valence-electron chi connectivity index (χ3n) is 1.51. The third kappa shape index (κ3) is 3.69. The van der Waals surface area contributed by atoms with Gasteiger partial charge in [-0.2, -0.15) is 4.39 Å². The highest BCUT2D eigenvalue weighted by molar-refractivity contribution is 6.30. The first-order chi connectivity index (χ1) is 7.29. The molecule has 0 N–H and O–H groups in total. The summed E-state index contributed by atoms with van der Waals surface area (Å²) >= 11 is 4.74. The second-order valence-electron chi connectivity index (χ2n) is 2.65. The average molecular weight is 259 g/mol. The summed E-state index contributed by atoms with van der Waals surface area (Å²) in [6, 6.07) is 3.53. The minimum atomic E-state index is -4.83. The molecule has 0 aliphatic carbocycles. The van der Waals surface area contributed by atoms with Crippen molar-refractivity contribution >= 4 is 17.4 Å². The van der Waals surface area contributed by atoms with Crippen LogP contribution in [0.5, 0.6) is 5.75 Å². The Morgan fingerprint density at radius 2 is 1.56 bits per heavy atom. The lowest BCUT2D eigenvalue weighted by Gasteiger charge is -2.08. The van der Waals surface area contributed by atoms with Crippen LogP contribution in [0.1, 0.15) is 5.56 Å². The summed E-state index contributed by atoms with van der Waals surface area (Å²) in [7, 11) is 0. The molecule has 0 fully saturated rings. The van der Waals surface area contributed by atoms with E-state index in [1.807, 2.05) is 0 Å². The highest BCUT2D eigenvalue weighted by Crippen LogP contribution is 2.27. The van der Waals surface area contributed by atoms with Gasteiger partial charge in [-0.1, -0.05) is 0 Å². The number of alkyl halides is 3. The molecule has 88 valence electrons. The lowest BCUT2D eigenvalue weighted by Crippen LogP contribution is -2.16. The van der Waals surface area contributed by atoms with Gasteiger partial charge in [0.05, 0.1) is 0 Å². The number of benzene rings is 1. The molecule has 0 saturated heterocycles. The summed E-state index contributed by atoms with van der Waals surface area (Å²) in [4.78, 5) is 0. The minimum Gasteiger partial charge on any atom is -0.406 e. The van der Waals surface area contributed by atoms with Crippen molar-refractivity contribution < 1.29 is 26.7 Å². The van der Waals surface area contributed by atoms with Gasteiger partial charge in [-0.15, -0.1) is 13.2 Å². The van der Waals surface area contributed by atoms with E-state index in [2.05, 4.69) is 4.74 Å². The van der Waals surface area contributed by atoms with Gasteiger partial charge in [0.25, 0.3) is 0 Å². The second-order valence-corrected chi connectivity index (χ2v) is 2.98. The van der Waals surface area contributed by atoms with Gasteiger partial charge in [0.1, 0.15) is 5.75 Å². The van der Waals surface area contributed by atoms with Crippen molar-refractivity contribution in [1.82, 2.24) is 0 Å². The molecule has 16 heavy (non-hydrogen) atoms. The highest BCUT2D eigenvalue weighted by atomic mass is 35.5. The van der Waals surface area contributed by atoms with Crippen LogP contribution in [0.3, 0.4) is 0 Å². The van der Waals surface area contributed by atoms with E-state index in [0.717, 1.165) is 24.3 Å². The topological polar surface area (TPSA) is 9.23 Å². The summed E-state index contributed by atoms with van der Waals surface area (Å²) < 4.78 is 63.8. The molecule has 0 bridgehead atoms. The van der Waals surface area contributed by atoms with Crippen LogP contribution in [-0.4, -0.2) is 6.36 Å². The zero-order chi connectivity index (χ0) is 12.3. The van der Waals surface area contributed by atoms with Crippen molar-refractivity contribution in [3.05, 3.63) is 35.1 Å². The maximum atomic E-state index is 12.8. The quantitative estimate of drug-likeness (QED) is 0.715. The van der Waals surface area contributed by atoms with E-state index in [1.165, 1.54) is 0 Å². The van der Waals surface area contributed by atoms with Crippen LogP contribution >= 0.6 is 11.6 Å². The Morgan fingerprint density at radius 3 is 1.94 bits per heavy atom. The van der Waals surface area contributed by atoms with Crippen LogP contribution < -0.4 is 4.74 Å². The van der Waals surface area contributed by atoms with E-state index in [9.17, 15) is 22.0 Å². The van der Waals surface area contributed by atoms with E-state index < -0.39 is 23.2 Å². The smallest absolute Gasteiger partial charge is 0.406 e. The van der Waals surface area contributed by atoms with Crippen LogP contribution in [0.2, 0.25) is 0 Å². The molecule has 0 spiro atoms. The summed E-state index contributed by atoms with van der Waals surface area (Å²) in [5, 5.41) is -1.57. The standard InChI is InChI=1S/C9H4ClF5O/c10-8(12)7(11)5-1-3-6(4-2-5)16-9(13,14)15/h1-4H/b8-7+. The van der Waals surface area contributed by atoms with E-state index in [-0.39, 0.29) is 5.56 Å². The number of halogens is 6. The van der Waals surface area contributed by atoms with E-state index >= 15 is 0 Å². The zero-order valence-electron chi connectivity index (χ0n) is 7.49. The predicted molar refractivity (Wildman–Crippen MR) is 48.1 cm³/mol. The van der Waals surface area contributed by atoms with Gasteiger partial charge in [-0.05, 0) is 35.9 Å². The van der Waals surface area contributed by atoms with Gasteiger partial charge in [-0.25, -0.2) is 4.39 Å². The average Bonchev–Trinajstić information content (AvgIpc) is 2.15. The lowest BCUT2D eigenvalue weighted by atomic mass is 10.2. The summed E-state index contributed by atoms with van der Waals surface area (Å²) in [6.07, 6.45) is -4.83. The molecule has 0 aliphatic heterocycles. The van der Waals surface area contributed by atoms with E-state index in [0.29, 0.717) is 0 Å². The number of hydrogen-bond acceptors (Lipinski definition) is 1. The summed E-state index contributed by atoms with van der Waals surface area (Å²) in [5.41, 5.74) is -0.276. The Kier molecular flexibility index (Phi) is 3.74. The highest BCUT2D eigenvalue weighted by Gasteiger charge is 2.31. The second kappa shape index (κ2) is 4.69. The zero-order valence-corrected chi connectivity index (χ0v) is 8.24. The Hall–Kier alpha value is -1.30. The number of rotatable bonds is 2. The third-order valence-corrected chi connectivity index (χ3v) is 1.67. The van der Waals surface area contributed by atoms with Gasteiger partial charge in [-0.3, -0.25) is 0 Å². The van der Waals surface area contributed by atoms with Crippen molar-refractivity contribution in [3.63, 3.8) is 0 Å². The van der Waals surface area contributed by atoms with E-state index in [1.54, 1.807) is 0 Å². The van der Waals surface area contributed by atoms with Crippen LogP contribution in [0.4, 0.5) is 22.0 Å². The molecule has 0 atom stereocenters. The maximum Gasteiger partial charge on any atom is 0.573 e. The van der Waals surface area contributed by atoms with Crippen molar-refractivity contribution in [2.75, 3.05) is 0 Å². The molecule has 0 saturated carbocycles. The van der Waals surface area contributed by atoms with Crippen molar-refractivity contribution in [2.45, 2.75) is 6.36 Å². The molecule has 7 heteroatoms. The normalized spacial score (nSPS) is 13.4. The van der Waals surface area contributed by atoms with Crippen LogP contribution in [-0.2, 0) is 0 Å². The molecule has 0 aromatic heterocycles. The largest absolute Gasteiger partial charge is 0.573 e. The fourth-order valence-corrected chi connectivity index (χ4v) is 1.02. The molecule has 0 aliphatic rings. The maximum absolute atomic E-state index is 12.8. The number of ether oxygens (including phenoxy) is 1. The summed E-state index contributed by atoms with van der Waals surface area (Å²) in [5.74, 6) is -1.88. The van der Waals surface area contributed by atoms with Gasteiger partial charge < -0.3 is 4.74 Å². The molecule has 0 heterocycles. The summed E-state index contributed by atoms with van der Waals surface area (Å²) in [6.45, 7) is 0. The Morgan fingerprint density at radius 1 is 1.06 bits per heavy atom. The lowest BCUT2D eigenvalue weighted by molar-refractivity contribution is -0.274. The fourth-order valence-electron chi connectivity index (χ4n) is 0.912. The van der Waals surface area contributed by atoms with Crippen molar-refractivity contribution in [2.24, 2.45) is 0 Å².